The van der Waals surface area contributed by atoms with Crippen molar-refractivity contribution in [3.63, 3.8) is 0 Å². The van der Waals surface area contributed by atoms with Gasteiger partial charge in [-0.1, -0.05) is 18.2 Å². The summed E-state index contributed by atoms with van der Waals surface area (Å²) in [4.78, 5) is 4.52. The Kier molecular flexibility index (Phi) is 2.56. The number of aryl methyl sites for hydroxylation is 1. The molecule has 78 valence electrons. The standard InChI is InChI=1S/C12H14N2O/c1-8-4-3-5-10-11(13)6-9(7-15-2)14-12(8)10/h3-6H,7H2,1-2H3,(H2,13,14). The number of para-hydroxylation sites is 1. The maximum absolute atomic E-state index is 5.96. The third-order valence-corrected chi connectivity index (χ3v) is 2.42. The number of rotatable bonds is 2. The van der Waals surface area contributed by atoms with Crippen LogP contribution in [0.1, 0.15) is 11.3 Å². The summed E-state index contributed by atoms with van der Waals surface area (Å²) in [5.41, 5.74) is 9.69. The Morgan fingerprint density at radius 3 is 2.93 bits per heavy atom. The first kappa shape index (κ1) is 9.93. The molecule has 0 unspecified atom stereocenters. The molecule has 3 heteroatoms. The number of hydrogen-bond donors (Lipinski definition) is 1. The van der Waals surface area contributed by atoms with Crippen molar-refractivity contribution in [1.29, 1.82) is 0 Å². The molecule has 0 spiro atoms. The predicted molar refractivity (Wildman–Crippen MR) is 61.6 cm³/mol. The zero-order valence-electron chi connectivity index (χ0n) is 8.95. The number of nitrogens with zero attached hydrogens (tertiary/aromatic N) is 1. The molecule has 0 atom stereocenters. The van der Waals surface area contributed by atoms with Crippen LogP contribution in [0.15, 0.2) is 24.3 Å². The highest BCUT2D eigenvalue weighted by molar-refractivity contribution is 5.92. The highest BCUT2D eigenvalue weighted by Gasteiger charge is 2.04. The maximum Gasteiger partial charge on any atom is 0.0885 e. The van der Waals surface area contributed by atoms with Gasteiger partial charge in [-0.3, -0.25) is 0 Å². The zero-order chi connectivity index (χ0) is 10.8. The van der Waals surface area contributed by atoms with Crippen molar-refractivity contribution in [2.45, 2.75) is 13.5 Å². The lowest BCUT2D eigenvalue weighted by Crippen LogP contribution is -1.98. The molecule has 3 nitrogen and oxygen atoms in total. The van der Waals surface area contributed by atoms with Crippen LogP contribution in [0, 0.1) is 6.92 Å². The van der Waals surface area contributed by atoms with Crippen molar-refractivity contribution in [3.05, 3.63) is 35.5 Å². The maximum atomic E-state index is 5.96. The lowest BCUT2D eigenvalue weighted by atomic mass is 10.1. The second kappa shape index (κ2) is 3.87. The Labute approximate surface area is 88.9 Å². The van der Waals surface area contributed by atoms with E-state index in [1.54, 1.807) is 7.11 Å². The van der Waals surface area contributed by atoms with Gasteiger partial charge in [-0.05, 0) is 18.6 Å². The molecular formula is C12H14N2O. The lowest BCUT2D eigenvalue weighted by Gasteiger charge is -2.07. The van der Waals surface area contributed by atoms with E-state index < -0.39 is 0 Å². The minimum Gasteiger partial charge on any atom is -0.398 e. The fourth-order valence-electron chi connectivity index (χ4n) is 1.70. The number of nitrogen functional groups attached to an aromatic ring is 1. The number of hydrogen-bond acceptors (Lipinski definition) is 3. The van der Waals surface area contributed by atoms with Crippen molar-refractivity contribution in [1.82, 2.24) is 4.98 Å². The van der Waals surface area contributed by atoms with Gasteiger partial charge in [0.25, 0.3) is 0 Å². The molecule has 1 aromatic carbocycles. The number of anilines is 1. The molecular weight excluding hydrogens is 188 g/mol. The number of nitrogens with two attached hydrogens (primary N) is 1. The van der Waals surface area contributed by atoms with Crippen LogP contribution >= 0.6 is 0 Å². The highest BCUT2D eigenvalue weighted by atomic mass is 16.5. The van der Waals surface area contributed by atoms with Crippen LogP contribution in [0.5, 0.6) is 0 Å². The molecule has 0 aliphatic rings. The first-order chi connectivity index (χ1) is 7.22. The molecule has 15 heavy (non-hydrogen) atoms. The van der Waals surface area contributed by atoms with Gasteiger partial charge in [-0.15, -0.1) is 0 Å². The number of methoxy groups -OCH3 is 1. The molecule has 0 saturated heterocycles. The first-order valence-corrected chi connectivity index (χ1v) is 4.86. The summed E-state index contributed by atoms with van der Waals surface area (Å²) in [5.74, 6) is 0. The van der Waals surface area contributed by atoms with Crippen molar-refractivity contribution in [2.75, 3.05) is 12.8 Å². The van der Waals surface area contributed by atoms with E-state index in [-0.39, 0.29) is 0 Å². The average molecular weight is 202 g/mol. The molecule has 0 aliphatic heterocycles. The van der Waals surface area contributed by atoms with Gasteiger partial charge in [-0.25, -0.2) is 4.98 Å². The van der Waals surface area contributed by atoms with E-state index >= 15 is 0 Å². The summed E-state index contributed by atoms with van der Waals surface area (Å²) in [6.07, 6.45) is 0. The van der Waals surface area contributed by atoms with E-state index in [4.69, 9.17) is 10.5 Å². The highest BCUT2D eigenvalue weighted by Crippen LogP contribution is 2.23. The van der Waals surface area contributed by atoms with E-state index in [1.807, 2.05) is 31.2 Å². The zero-order valence-corrected chi connectivity index (χ0v) is 8.95. The number of pyridine rings is 1. The van der Waals surface area contributed by atoms with Crippen LogP contribution in [-0.2, 0) is 11.3 Å². The molecule has 0 amide bonds. The SMILES string of the molecule is COCc1cc(N)c2cccc(C)c2n1. The smallest absolute Gasteiger partial charge is 0.0885 e. The Morgan fingerprint density at radius 2 is 2.20 bits per heavy atom. The minimum absolute atomic E-state index is 0.495. The fraction of sp³-hybridized carbons (Fsp3) is 0.250. The van der Waals surface area contributed by atoms with Crippen LogP contribution < -0.4 is 5.73 Å². The van der Waals surface area contributed by atoms with Crippen molar-refractivity contribution >= 4 is 16.6 Å². The summed E-state index contributed by atoms with van der Waals surface area (Å²) in [6.45, 7) is 2.53. The van der Waals surface area contributed by atoms with Gasteiger partial charge in [0.1, 0.15) is 0 Å². The summed E-state index contributed by atoms with van der Waals surface area (Å²) >= 11 is 0. The Morgan fingerprint density at radius 1 is 1.40 bits per heavy atom. The van der Waals surface area contributed by atoms with Crippen LogP contribution in [0.2, 0.25) is 0 Å². The predicted octanol–water partition coefficient (Wildman–Crippen LogP) is 2.27. The summed E-state index contributed by atoms with van der Waals surface area (Å²) in [5, 5.41) is 1.01. The van der Waals surface area contributed by atoms with Gasteiger partial charge in [0.05, 0.1) is 17.8 Å². The van der Waals surface area contributed by atoms with Gasteiger partial charge >= 0.3 is 0 Å². The van der Waals surface area contributed by atoms with E-state index in [0.717, 1.165) is 27.8 Å². The molecule has 0 saturated carbocycles. The molecule has 0 bridgehead atoms. The average Bonchev–Trinajstić information content (AvgIpc) is 2.20. The Bertz CT molecular complexity index is 494. The monoisotopic (exact) mass is 202 g/mol. The third-order valence-electron chi connectivity index (χ3n) is 2.42. The normalized spacial score (nSPS) is 10.8. The second-order valence-electron chi connectivity index (χ2n) is 3.61. The van der Waals surface area contributed by atoms with Gasteiger partial charge in [-0.2, -0.15) is 0 Å². The topological polar surface area (TPSA) is 48.1 Å². The Balaban J connectivity index is 2.68. The molecule has 1 heterocycles. The second-order valence-corrected chi connectivity index (χ2v) is 3.61. The van der Waals surface area contributed by atoms with Crippen LogP contribution in [0.4, 0.5) is 5.69 Å². The fourth-order valence-corrected chi connectivity index (χ4v) is 1.70. The first-order valence-electron chi connectivity index (χ1n) is 4.86. The Hall–Kier alpha value is -1.61. The minimum atomic E-state index is 0.495. The van der Waals surface area contributed by atoms with Crippen molar-refractivity contribution < 1.29 is 4.74 Å². The summed E-state index contributed by atoms with van der Waals surface area (Å²) < 4.78 is 5.05. The quantitative estimate of drug-likeness (QED) is 0.812. The number of benzene rings is 1. The third kappa shape index (κ3) is 1.78. The molecule has 1 aromatic heterocycles. The molecule has 2 rings (SSSR count). The van der Waals surface area contributed by atoms with E-state index in [9.17, 15) is 0 Å². The largest absolute Gasteiger partial charge is 0.398 e. The van der Waals surface area contributed by atoms with E-state index in [1.165, 1.54) is 0 Å². The summed E-state index contributed by atoms with van der Waals surface area (Å²) in [6, 6.07) is 7.88. The van der Waals surface area contributed by atoms with Crippen molar-refractivity contribution in [3.8, 4) is 0 Å². The number of fused-ring (bicyclic) bond motifs is 1. The van der Waals surface area contributed by atoms with Crippen LogP contribution in [0.3, 0.4) is 0 Å². The van der Waals surface area contributed by atoms with E-state index in [0.29, 0.717) is 6.61 Å². The van der Waals surface area contributed by atoms with Gasteiger partial charge in [0, 0.05) is 18.2 Å². The van der Waals surface area contributed by atoms with Gasteiger partial charge in [0.15, 0.2) is 0 Å². The summed E-state index contributed by atoms with van der Waals surface area (Å²) in [7, 11) is 1.65. The van der Waals surface area contributed by atoms with Crippen molar-refractivity contribution in [2.24, 2.45) is 0 Å². The molecule has 0 radical (unpaired) electrons. The van der Waals surface area contributed by atoms with E-state index in [2.05, 4.69) is 4.98 Å². The lowest BCUT2D eigenvalue weighted by molar-refractivity contribution is 0.182. The van der Waals surface area contributed by atoms with Gasteiger partial charge in [0.2, 0.25) is 0 Å². The van der Waals surface area contributed by atoms with Crippen LogP contribution in [-0.4, -0.2) is 12.1 Å². The number of ether oxygens (including phenoxy) is 1. The molecule has 2 N–H and O–H groups in total. The molecule has 2 aromatic rings. The molecule has 0 aliphatic carbocycles. The van der Waals surface area contributed by atoms with Gasteiger partial charge < -0.3 is 10.5 Å². The molecule has 0 fully saturated rings. The number of aromatic nitrogens is 1. The van der Waals surface area contributed by atoms with Crippen LogP contribution in [0.25, 0.3) is 10.9 Å².